The first-order chi connectivity index (χ1) is 10.4. The van der Waals surface area contributed by atoms with Gasteiger partial charge in [-0.1, -0.05) is 0 Å². The molecule has 0 aliphatic rings. The van der Waals surface area contributed by atoms with Crippen molar-refractivity contribution in [2.24, 2.45) is 0 Å². The Morgan fingerprint density at radius 3 is 2.36 bits per heavy atom. The van der Waals surface area contributed by atoms with Crippen LogP contribution in [-0.2, 0) is 0 Å². The number of anilines is 1. The summed E-state index contributed by atoms with van der Waals surface area (Å²) in [5, 5.41) is 10.3. The number of amides is 2. The minimum absolute atomic E-state index is 0.0937. The third-order valence-corrected chi connectivity index (χ3v) is 3.61. The number of pyridine rings is 1. The Morgan fingerprint density at radius 2 is 1.82 bits per heavy atom. The summed E-state index contributed by atoms with van der Waals surface area (Å²) in [5.74, 6) is 0. The number of rotatable bonds is 4. The number of hydrogen-bond acceptors (Lipinski definition) is 3. The molecule has 0 bridgehead atoms. The highest BCUT2D eigenvalue weighted by atomic mass is 16.2. The average Bonchev–Trinajstić information content (AvgIpc) is 2.76. The predicted octanol–water partition coefficient (Wildman–Crippen LogP) is 3.36. The van der Waals surface area contributed by atoms with E-state index >= 15 is 0 Å². The van der Waals surface area contributed by atoms with Crippen molar-refractivity contribution in [1.82, 2.24) is 20.1 Å². The van der Waals surface area contributed by atoms with Crippen molar-refractivity contribution in [2.75, 3.05) is 5.32 Å². The number of carbonyl (C=O) groups is 1. The minimum atomic E-state index is -0.237. The number of aromatic nitrogens is 3. The molecule has 2 aromatic rings. The second-order valence-corrected chi connectivity index (χ2v) is 5.68. The minimum Gasteiger partial charge on any atom is -0.331 e. The van der Waals surface area contributed by atoms with Gasteiger partial charge in [-0.3, -0.25) is 9.67 Å². The molecule has 22 heavy (non-hydrogen) atoms. The largest absolute Gasteiger partial charge is 0.331 e. The normalized spacial score (nSPS) is 12.3. The zero-order valence-electron chi connectivity index (χ0n) is 13.7. The lowest BCUT2D eigenvalue weighted by molar-refractivity contribution is 0.249. The van der Waals surface area contributed by atoms with Gasteiger partial charge in [0.15, 0.2) is 0 Å². The molecule has 0 saturated carbocycles. The van der Waals surface area contributed by atoms with E-state index in [0.717, 1.165) is 22.6 Å². The fourth-order valence-corrected chi connectivity index (χ4v) is 2.43. The SMILES string of the molecule is Cc1nn(C(C)C)c(C)c1NC(=O)NC(C)c1ccncc1. The maximum Gasteiger partial charge on any atom is 0.319 e. The lowest BCUT2D eigenvalue weighted by Gasteiger charge is -2.15. The van der Waals surface area contributed by atoms with Crippen LogP contribution in [0.2, 0.25) is 0 Å². The smallest absolute Gasteiger partial charge is 0.319 e. The molecule has 6 heteroatoms. The topological polar surface area (TPSA) is 71.8 Å². The first-order valence-corrected chi connectivity index (χ1v) is 7.43. The van der Waals surface area contributed by atoms with Crippen molar-refractivity contribution < 1.29 is 4.79 Å². The van der Waals surface area contributed by atoms with E-state index in [9.17, 15) is 4.79 Å². The third-order valence-electron chi connectivity index (χ3n) is 3.61. The summed E-state index contributed by atoms with van der Waals surface area (Å²) in [4.78, 5) is 16.2. The molecule has 0 saturated heterocycles. The molecule has 1 unspecified atom stereocenters. The molecule has 0 radical (unpaired) electrons. The van der Waals surface area contributed by atoms with E-state index in [-0.39, 0.29) is 18.1 Å². The molecular formula is C16H23N5O. The van der Waals surface area contributed by atoms with Gasteiger partial charge in [-0.05, 0) is 52.3 Å². The number of hydrogen-bond donors (Lipinski definition) is 2. The molecular weight excluding hydrogens is 278 g/mol. The van der Waals surface area contributed by atoms with Crippen LogP contribution in [0, 0.1) is 13.8 Å². The second-order valence-electron chi connectivity index (χ2n) is 5.68. The van der Waals surface area contributed by atoms with E-state index in [4.69, 9.17) is 0 Å². The van der Waals surface area contributed by atoms with E-state index in [1.165, 1.54) is 0 Å². The summed E-state index contributed by atoms with van der Waals surface area (Å²) in [7, 11) is 0. The fourth-order valence-electron chi connectivity index (χ4n) is 2.43. The van der Waals surface area contributed by atoms with Crippen molar-refractivity contribution >= 4 is 11.7 Å². The molecule has 1 atom stereocenters. The van der Waals surface area contributed by atoms with Gasteiger partial charge in [0, 0.05) is 18.4 Å². The van der Waals surface area contributed by atoms with E-state index in [1.807, 2.05) is 37.6 Å². The summed E-state index contributed by atoms with van der Waals surface area (Å²) < 4.78 is 1.91. The quantitative estimate of drug-likeness (QED) is 0.909. The van der Waals surface area contributed by atoms with Gasteiger partial charge in [-0.15, -0.1) is 0 Å². The van der Waals surface area contributed by atoms with Gasteiger partial charge in [0.05, 0.1) is 23.1 Å². The molecule has 6 nitrogen and oxygen atoms in total. The predicted molar refractivity (Wildman–Crippen MR) is 86.9 cm³/mol. The summed E-state index contributed by atoms with van der Waals surface area (Å²) in [6.45, 7) is 9.92. The second kappa shape index (κ2) is 6.60. The molecule has 0 aliphatic heterocycles. The van der Waals surface area contributed by atoms with E-state index in [0.29, 0.717) is 0 Å². The summed E-state index contributed by atoms with van der Waals surface area (Å²) in [6.07, 6.45) is 3.43. The van der Waals surface area contributed by atoms with Crippen LogP contribution in [0.3, 0.4) is 0 Å². The monoisotopic (exact) mass is 301 g/mol. The number of nitrogens with one attached hydrogen (secondary N) is 2. The Labute approximate surface area is 130 Å². The van der Waals surface area contributed by atoms with Crippen LogP contribution in [0.1, 0.15) is 49.8 Å². The Hall–Kier alpha value is -2.37. The molecule has 0 aromatic carbocycles. The first kappa shape index (κ1) is 16.0. The zero-order chi connectivity index (χ0) is 16.3. The molecule has 2 amide bonds. The van der Waals surface area contributed by atoms with Gasteiger partial charge in [-0.25, -0.2) is 4.79 Å². The van der Waals surface area contributed by atoms with Crippen LogP contribution in [0.4, 0.5) is 10.5 Å². The van der Waals surface area contributed by atoms with E-state index < -0.39 is 0 Å². The lowest BCUT2D eigenvalue weighted by atomic mass is 10.1. The Morgan fingerprint density at radius 1 is 1.18 bits per heavy atom. The maximum absolute atomic E-state index is 12.2. The van der Waals surface area contributed by atoms with Gasteiger partial charge in [0.25, 0.3) is 0 Å². The molecule has 2 heterocycles. The number of aryl methyl sites for hydroxylation is 1. The van der Waals surface area contributed by atoms with Crippen molar-refractivity contribution in [1.29, 1.82) is 0 Å². The molecule has 2 aromatic heterocycles. The molecule has 2 N–H and O–H groups in total. The Kier molecular flexibility index (Phi) is 4.80. The molecule has 2 rings (SSSR count). The van der Waals surface area contributed by atoms with Crippen LogP contribution in [-0.4, -0.2) is 20.8 Å². The van der Waals surface area contributed by atoms with Crippen molar-refractivity contribution in [2.45, 2.75) is 46.7 Å². The highest BCUT2D eigenvalue weighted by Crippen LogP contribution is 2.22. The summed E-state index contributed by atoms with van der Waals surface area (Å²) in [5.41, 5.74) is 3.56. The lowest BCUT2D eigenvalue weighted by Crippen LogP contribution is -2.31. The summed E-state index contributed by atoms with van der Waals surface area (Å²) in [6, 6.07) is 3.70. The van der Waals surface area contributed by atoms with E-state index in [1.54, 1.807) is 12.4 Å². The van der Waals surface area contributed by atoms with Crippen molar-refractivity contribution in [3.8, 4) is 0 Å². The fraction of sp³-hybridized carbons (Fsp3) is 0.438. The highest BCUT2D eigenvalue weighted by molar-refractivity contribution is 5.90. The Balaban J connectivity index is 2.07. The third kappa shape index (κ3) is 3.44. The van der Waals surface area contributed by atoms with Crippen molar-refractivity contribution in [3.63, 3.8) is 0 Å². The van der Waals surface area contributed by atoms with Crippen molar-refractivity contribution in [3.05, 3.63) is 41.5 Å². The van der Waals surface area contributed by atoms with Crippen LogP contribution < -0.4 is 10.6 Å². The molecule has 118 valence electrons. The van der Waals surface area contributed by atoms with Crippen LogP contribution in [0.15, 0.2) is 24.5 Å². The molecule has 0 aliphatic carbocycles. The highest BCUT2D eigenvalue weighted by Gasteiger charge is 2.16. The maximum atomic E-state index is 12.2. The van der Waals surface area contributed by atoms with Crippen LogP contribution >= 0.6 is 0 Å². The van der Waals surface area contributed by atoms with Crippen LogP contribution in [0.5, 0.6) is 0 Å². The number of nitrogens with zero attached hydrogens (tertiary/aromatic N) is 3. The van der Waals surface area contributed by atoms with Gasteiger partial charge >= 0.3 is 6.03 Å². The standard InChI is InChI=1S/C16H23N5O/c1-10(2)21-13(5)15(12(4)20-21)19-16(22)18-11(3)14-6-8-17-9-7-14/h6-11H,1-5H3,(H2,18,19,22). The summed E-state index contributed by atoms with van der Waals surface area (Å²) >= 11 is 0. The van der Waals surface area contributed by atoms with Gasteiger partial charge in [0.1, 0.15) is 0 Å². The molecule has 0 fully saturated rings. The van der Waals surface area contributed by atoms with Gasteiger partial charge < -0.3 is 10.6 Å². The first-order valence-electron chi connectivity index (χ1n) is 7.43. The zero-order valence-corrected chi connectivity index (χ0v) is 13.7. The van der Waals surface area contributed by atoms with Gasteiger partial charge in [0.2, 0.25) is 0 Å². The molecule has 0 spiro atoms. The number of urea groups is 1. The Bertz CT molecular complexity index is 648. The van der Waals surface area contributed by atoms with Gasteiger partial charge in [-0.2, -0.15) is 5.10 Å². The average molecular weight is 301 g/mol. The number of carbonyl (C=O) groups excluding carboxylic acids is 1. The van der Waals surface area contributed by atoms with E-state index in [2.05, 4.69) is 34.6 Å². The van der Waals surface area contributed by atoms with Crippen LogP contribution in [0.25, 0.3) is 0 Å².